The van der Waals surface area contributed by atoms with Crippen molar-refractivity contribution in [2.45, 2.75) is 4.90 Å². The van der Waals surface area contributed by atoms with Crippen molar-refractivity contribution >= 4 is 15.6 Å². The Morgan fingerprint density at radius 2 is 1.89 bits per heavy atom. The van der Waals surface area contributed by atoms with Gasteiger partial charge in [-0.25, -0.2) is 4.21 Å². The Bertz CT molecular complexity index is 660. The quantitative estimate of drug-likeness (QED) is 0.833. The fraction of sp³-hybridized carbons (Fsp3) is 0.0769. The Morgan fingerprint density at radius 3 is 2.50 bits per heavy atom. The standard InChI is InChI=1S/C13H12N2O2S/c1-18(17,12-7-3-2-4-8-12)15-13(16)11-6-5-9-14-10-11/h2-10H,1H3. The Hall–Kier alpha value is -2.01. The van der Waals surface area contributed by atoms with E-state index in [0.29, 0.717) is 10.5 Å². The van der Waals surface area contributed by atoms with Crippen LogP contribution in [0.2, 0.25) is 0 Å². The lowest BCUT2D eigenvalue weighted by Crippen LogP contribution is -2.03. The van der Waals surface area contributed by atoms with Crippen molar-refractivity contribution in [2.75, 3.05) is 6.26 Å². The van der Waals surface area contributed by atoms with Gasteiger partial charge in [0.2, 0.25) is 0 Å². The summed E-state index contributed by atoms with van der Waals surface area (Å²) in [4.78, 5) is 16.2. The normalized spacial score (nSPS) is 13.6. The number of aromatic nitrogens is 1. The van der Waals surface area contributed by atoms with E-state index >= 15 is 0 Å². The first-order valence-electron chi connectivity index (χ1n) is 5.31. The molecule has 4 nitrogen and oxygen atoms in total. The summed E-state index contributed by atoms with van der Waals surface area (Å²) >= 11 is 0. The number of benzene rings is 1. The lowest BCUT2D eigenvalue weighted by Gasteiger charge is -2.03. The van der Waals surface area contributed by atoms with Gasteiger partial charge in [0, 0.05) is 23.5 Å². The van der Waals surface area contributed by atoms with Gasteiger partial charge < -0.3 is 0 Å². The van der Waals surface area contributed by atoms with E-state index in [1.807, 2.05) is 6.07 Å². The molecule has 0 spiro atoms. The summed E-state index contributed by atoms with van der Waals surface area (Å²) < 4.78 is 16.2. The Kier molecular flexibility index (Phi) is 3.53. The van der Waals surface area contributed by atoms with Crippen LogP contribution in [0, 0.1) is 0 Å². The van der Waals surface area contributed by atoms with E-state index in [9.17, 15) is 9.00 Å². The SMILES string of the molecule is CS(=O)(=NC(=O)c1cccnc1)c1ccccc1. The van der Waals surface area contributed by atoms with Crippen LogP contribution in [0.25, 0.3) is 0 Å². The molecule has 1 aromatic carbocycles. The van der Waals surface area contributed by atoms with Gasteiger partial charge in [0.05, 0.1) is 15.3 Å². The number of hydrogen-bond acceptors (Lipinski definition) is 3. The fourth-order valence-electron chi connectivity index (χ4n) is 1.43. The molecule has 1 heterocycles. The number of pyridine rings is 1. The highest BCUT2D eigenvalue weighted by atomic mass is 32.2. The number of hydrogen-bond donors (Lipinski definition) is 0. The molecule has 0 N–H and O–H groups in total. The van der Waals surface area contributed by atoms with Crippen molar-refractivity contribution in [1.29, 1.82) is 0 Å². The van der Waals surface area contributed by atoms with E-state index in [-0.39, 0.29) is 0 Å². The van der Waals surface area contributed by atoms with Gasteiger partial charge in [-0.15, -0.1) is 0 Å². The summed E-state index contributed by atoms with van der Waals surface area (Å²) in [7, 11) is -2.71. The predicted molar refractivity (Wildman–Crippen MR) is 69.8 cm³/mol. The van der Waals surface area contributed by atoms with Crippen LogP contribution < -0.4 is 0 Å². The molecule has 5 heteroatoms. The van der Waals surface area contributed by atoms with Crippen LogP contribution in [0.4, 0.5) is 0 Å². The molecule has 0 bridgehead atoms. The van der Waals surface area contributed by atoms with Crippen molar-refractivity contribution in [3.8, 4) is 0 Å². The van der Waals surface area contributed by atoms with Gasteiger partial charge in [0.25, 0.3) is 5.91 Å². The summed E-state index contributed by atoms with van der Waals surface area (Å²) in [5.74, 6) is -0.514. The van der Waals surface area contributed by atoms with E-state index < -0.39 is 15.6 Å². The molecule has 2 aromatic rings. The topological polar surface area (TPSA) is 59.4 Å². The average molecular weight is 260 g/mol. The van der Waals surface area contributed by atoms with Crippen molar-refractivity contribution in [2.24, 2.45) is 4.36 Å². The van der Waals surface area contributed by atoms with E-state index in [0.717, 1.165) is 0 Å². The van der Waals surface area contributed by atoms with E-state index in [1.54, 1.807) is 42.6 Å². The number of amides is 1. The van der Waals surface area contributed by atoms with Crippen molar-refractivity contribution in [3.05, 3.63) is 60.4 Å². The molecule has 92 valence electrons. The molecule has 1 unspecified atom stereocenters. The second-order valence-corrected chi connectivity index (χ2v) is 6.01. The number of carbonyl (C=O) groups is 1. The first kappa shape index (κ1) is 12.4. The number of rotatable bonds is 2. The molecule has 1 atom stereocenters. The number of carbonyl (C=O) groups excluding carboxylic acids is 1. The van der Waals surface area contributed by atoms with Gasteiger partial charge in [0.15, 0.2) is 0 Å². The molecule has 1 aromatic heterocycles. The highest BCUT2D eigenvalue weighted by Crippen LogP contribution is 2.12. The maximum absolute atomic E-state index is 12.4. The van der Waals surface area contributed by atoms with Gasteiger partial charge in [-0.2, -0.15) is 4.36 Å². The molecule has 0 saturated carbocycles. The molecule has 0 radical (unpaired) electrons. The minimum atomic E-state index is -2.71. The molecular weight excluding hydrogens is 248 g/mol. The molecule has 0 fully saturated rings. The Balaban J connectivity index is 2.40. The molecule has 0 saturated heterocycles. The highest BCUT2D eigenvalue weighted by molar-refractivity contribution is 7.93. The zero-order valence-electron chi connectivity index (χ0n) is 9.82. The largest absolute Gasteiger partial charge is 0.286 e. The van der Waals surface area contributed by atoms with Gasteiger partial charge >= 0.3 is 0 Å². The summed E-state index contributed by atoms with van der Waals surface area (Å²) in [6, 6.07) is 12.0. The molecule has 2 rings (SSSR count). The Labute approximate surface area is 106 Å². The van der Waals surface area contributed by atoms with Crippen molar-refractivity contribution in [3.63, 3.8) is 0 Å². The van der Waals surface area contributed by atoms with Gasteiger partial charge in [-0.3, -0.25) is 9.78 Å². The minimum Gasteiger partial charge on any atom is -0.266 e. The van der Waals surface area contributed by atoms with Crippen LogP contribution in [0.5, 0.6) is 0 Å². The van der Waals surface area contributed by atoms with Crippen LogP contribution in [-0.2, 0) is 9.73 Å². The molecule has 18 heavy (non-hydrogen) atoms. The highest BCUT2D eigenvalue weighted by Gasteiger charge is 2.10. The van der Waals surface area contributed by atoms with Crippen LogP contribution >= 0.6 is 0 Å². The third-order valence-corrected chi connectivity index (χ3v) is 4.01. The zero-order valence-corrected chi connectivity index (χ0v) is 10.6. The lowest BCUT2D eigenvalue weighted by atomic mass is 10.3. The predicted octanol–water partition coefficient (Wildman–Crippen LogP) is 2.38. The average Bonchev–Trinajstić information content (AvgIpc) is 2.40. The van der Waals surface area contributed by atoms with Crippen LogP contribution in [0.3, 0.4) is 0 Å². The second kappa shape index (κ2) is 5.10. The van der Waals surface area contributed by atoms with E-state index in [1.165, 1.54) is 12.5 Å². The third-order valence-electron chi connectivity index (χ3n) is 2.35. The molecule has 1 amide bonds. The smallest absolute Gasteiger partial charge is 0.266 e. The molecule has 0 aliphatic carbocycles. The third kappa shape index (κ3) is 2.81. The lowest BCUT2D eigenvalue weighted by molar-refractivity contribution is 0.100. The fourth-order valence-corrected chi connectivity index (χ4v) is 2.62. The van der Waals surface area contributed by atoms with Gasteiger partial charge in [-0.1, -0.05) is 18.2 Å². The van der Waals surface area contributed by atoms with E-state index in [4.69, 9.17) is 0 Å². The molecular formula is C13H12N2O2S. The summed E-state index contributed by atoms with van der Waals surface area (Å²) in [6.45, 7) is 0. The zero-order chi connectivity index (χ0) is 13.0. The monoisotopic (exact) mass is 260 g/mol. The van der Waals surface area contributed by atoms with Crippen LogP contribution in [0.1, 0.15) is 10.4 Å². The maximum atomic E-state index is 12.4. The first-order chi connectivity index (χ1) is 8.59. The molecule has 0 aliphatic rings. The van der Waals surface area contributed by atoms with Crippen LogP contribution in [-0.4, -0.2) is 21.4 Å². The van der Waals surface area contributed by atoms with Crippen molar-refractivity contribution in [1.82, 2.24) is 4.98 Å². The maximum Gasteiger partial charge on any atom is 0.286 e. The summed E-state index contributed by atoms with van der Waals surface area (Å²) in [5, 5.41) is 0. The van der Waals surface area contributed by atoms with Gasteiger partial charge in [0.1, 0.15) is 0 Å². The summed E-state index contributed by atoms with van der Waals surface area (Å²) in [5.41, 5.74) is 0.336. The first-order valence-corrected chi connectivity index (χ1v) is 7.23. The van der Waals surface area contributed by atoms with E-state index in [2.05, 4.69) is 9.35 Å². The van der Waals surface area contributed by atoms with Crippen LogP contribution in [0.15, 0.2) is 64.1 Å². The Morgan fingerprint density at radius 1 is 1.17 bits per heavy atom. The summed E-state index contributed by atoms with van der Waals surface area (Å²) in [6.07, 6.45) is 4.43. The molecule has 0 aliphatic heterocycles. The minimum absolute atomic E-state index is 0.336. The van der Waals surface area contributed by atoms with Crippen molar-refractivity contribution < 1.29 is 9.00 Å². The van der Waals surface area contributed by atoms with Gasteiger partial charge in [-0.05, 0) is 24.3 Å². The number of nitrogens with zero attached hydrogens (tertiary/aromatic N) is 2. The second-order valence-electron chi connectivity index (χ2n) is 3.75.